The summed E-state index contributed by atoms with van der Waals surface area (Å²) in [6.07, 6.45) is 4.27. The van der Waals surface area contributed by atoms with Crippen molar-refractivity contribution in [3.63, 3.8) is 0 Å². The number of benzene rings is 2. The van der Waals surface area contributed by atoms with Crippen molar-refractivity contribution < 1.29 is 18.7 Å². The monoisotopic (exact) mass is 761 g/mol. The van der Waals surface area contributed by atoms with Gasteiger partial charge in [-0.1, -0.05) is 44.2 Å². The standard InChI is InChI=1S/C43H52FN9O3/c1-4-37-34(40(48-32-15-21-56-22-16-32)35-27-47-53(6-3)41(35)50-37)26-46-43(55)39-12-8-11-38(49-39)42(54)45-25-29-13-14-36(44)33(24-29)31-10-7-9-30(23-31)28-52-19-17-51(5-2)18-20-52/h7-14,23-24,27,32H,4-6,15-22,25-26,28H2,1-3H3,(H,45,54)(H,46,55)(H,48,50). The number of amides is 2. The summed E-state index contributed by atoms with van der Waals surface area (Å²) < 4.78 is 22.6. The Morgan fingerprint density at radius 3 is 2.25 bits per heavy atom. The molecule has 0 radical (unpaired) electrons. The molecule has 13 heteroatoms. The van der Waals surface area contributed by atoms with Crippen LogP contribution in [0, 0.1) is 5.82 Å². The number of rotatable bonds is 14. The molecule has 2 amide bonds. The van der Waals surface area contributed by atoms with Crippen molar-refractivity contribution in [2.75, 3.05) is 51.3 Å². The number of hydrogen-bond acceptors (Lipinski definition) is 9. The van der Waals surface area contributed by atoms with Crippen molar-refractivity contribution in [3.05, 3.63) is 106 Å². The lowest BCUT2D eigenvalue weighted by molar-refractivity contribution is 0.0904. The molecule has 0 saturated carbocycles. The van der Waals surface area contributed by atoms with E-state index in [2.05, 4.69) is 61.8 Å². The van der Waals surface area contributed by atoms with Crippen LogP contribution in [-0.2, 0) is 37.3 Å². The van der Waals surface area contributed by atoms with Crippen LogP contribution in [0.1, 0.15) is 77.0 Å². The number of hydrogen-bond donors (Lipinski definition) is 3. The third-order valence-electron chi connectivity index (χ3n) is 10.9. The van der Waals surface area contributed by atoms with Crippen LogP contribution in [0.15, 0.2) is 66.9 Å². The van der Waals surface area contributed by atoms with E-state index in [1.807, 2.05) is 29.9 Å². The number of halogens is 1. The highest BCUT2D eigenvalue weighted by molar-refractivity contribution is 5.97. The van der Waals surface area contributed by atoms with Crippen molar-refractivity contribution >= 4 is 28.5 Å². The van der Waals surface area contributed by atoms with Gasteiger partial charge in [0.05, 0.1) is 17.3 Å². The molecular weight excluding hydrogens is 710 g/mol. The molecule has 3 aromatic heterocycles. The van der Waals surface area contributed by atoms with E-state index in [-0.39, 0.29) is 36.3 Å². The normalized spacial score (nSPS) is 15.6. The zero-order valence-electron chi connectivity index (χ0n) is 32.6. The summed E-state index contributed by atoms with van der Waals surface area (Å²) in [6, 6.07) is 17.9. The Hall–Kier alpha value is -5.24. The summed E-state index contributed by atoms with van der Waals surface area (Å²) in [5.74, 6) is -1.16. The Morgan fingerprint density at radius 1 is 0.821 bits per heavy atom. The number of pyridine rings is 2. The van der Waals surface area contributed by atoms with E-state index < -0.39 is 11.8 Å². The summed E-state index contributed by atoms with van der Waals surface area (Å²) in [6.45, 7) is 14.8. The van der Waals surface area contributed by atoms with E-state index in [0.29, 0.717) is 31.7 Å². The lowest BCUT2D eigenvalue weighted by atomic mass is 10.00. The smallest absolute Gasteiger partial charge is 0.270 e. The van der Waals surface area contributed by atoms with Crippen molar-refractivity contribution in [2.24, 2.45) is 0 Å². The highest BCUT2D eigenvalue weighted by Crippen LogP contribution is 2.31. The Kier molecular flexibility index (Phi) is 12.6. The van der Waals surface area contributed by atoms with Gasteiger partial charge in [-0.25, -0.2) is 19.0 Å². The molecule has 7 rings (SSSR count). The van der Waals surface area contributed by atoms with Gasteiger partial charge in [-0.05, 0) is 79.8 Å². The number of piperazine rings is 1. The van der Waals surface area contributed by atoms with E-state index in [1.165, 1.54) is 6.07 Å². The molecule has 56 heavy (non-hydrogen) atoms. The molecule has 3 N–H and O–H groups in total. The number of carbonyl (C=O) groups excluding carboxylic acids is 2. The first-order chi connectivity index (χ1) is 27.3. The maximum absolute atomic E-state index is 15.2. The second kappa shape index (κ2) is 18.1. The van der Waals surface area contributed by atoms with Gasteiger partial charge < -0.3 is 25.6 Å². The van der Waals surface area contributed by atoms with Gasteiger partial charge >= 0.3 is 0 Å². The van der Waals surface area contributed by atoms with E-state index in [9.17, 15) is 9.59 Å². The van der Waals surface area contributed by atoms with Gasteiger partial charge in [-0.2, -0.15) is 5.10 Å². The highest BCUT2D eigenvalue weighted by Gasteiger charge is 2.23. The van der Waals surface area contributed by atoms with Crippen LogP contribution in [0.25, 0.3) is 22.2 Å². The molecule has 0 aliphatic carbocycles. The van der Waals surface area contributed by atoms with Crippen LogP contribution in [0.3, 0.4) is 0 Å². The summed E-state index contributed by atoms with van der Waals surface area (Å²) in [5.41, 5.74) is 6.92. The van der Waals surface area contributed by atoms with Crippen LogP contribution < -0.4 is 16.0 Å². The number of fused-ring (bicyclic) bond motifs is 1. The second-order valence-corrected chi connectivity index (χ2v) is 14.5. The average molecular weight is 762 g/mol. The number of aromatic nitrogens is 4. The Balaban J connectivity index is 1.01. The summed E-state index contributed by atoms with van der Waals surface area (Å²) >= 11 is 0. The average Bonchev–Trinajstić information content (AvgIpc) is 3.66. The fraction of sp³-hybridized carbons (Fsp3) is 0.419. The maximum Gasteiger partial charge on any atom is 0.270 e. The third-order valence-corrected chi connectivity index (χ3v) is 10.9. The number of likely N-dealkylation sites (N-methyl/N-ethyl adjacent to an activating group) is 1. The lowest BCUT2D eigenvalue weighted by Gasteiger charge is -2.34. The number of aryl methyl sites for hydroxylation is 2. The van der Waals surface area contributed by atoms with Crippen molar-refractivity contribution in [1.29, 1.82) is 0 Å². The van der Waals surface area contributed by atoms with Gasteiger partial charge in [0, 0.05) is 88.4 Å². The highest BCUT2D eigenvalue weighted by atomic mass is 19.1. The number of nitrogens with zero attached hydrogens (tertiary/aromatic N) is 6. The van der Waals surface area contributed by atoms with E-state index >= 15 is 4.39 Å². The topological polar surface area (TPSA) is 130 Å². The van der Waals surface area contributed by atoms with E-state index in [0.717, 1.165) is 96.8 Å². The fourth-order valence-electron chi connectivity index (χ4n) is 7.58. The predicted octanol–water partition coefficient (Wildman–Crippen LogP) is 5.80. The summed E-state index contributed by atoms with van der Waals surface area (Å²) in [5, 5.41) is 15.1. The largest absolute Gasteiger partial charge is 0.381 e. The van der Waals surface area contributed by atoms with Crippen LogP contribution in [0.4, 0.5) is 10.1 Å². The molecule has 2 saturated heterocycles. The maximum atomic E-state index is 15.2. The molecule has 294 valence electrons. The molecule has 5 aromatic rings. The van der Waals surface area contributed by atoms with Gasteiger partial charge in [0.15, 0.2) is 5.65 Å². The Labute approximate surface area is 327 Å². The number of ether oxygens (including phenoxy) is 1. The first-order valence-corrected chi connectivity index (χ1v) is 19.9. The molecule has 0 atom stereocenters. The van der Waals surface area contributed by atoms with Gasteiger partial charge in [0.25, 0.3) is 11.8 Å². The minimum atomic E-state index is -0.436. The first kappa shape index (κ1) is 39.0. The van der Waals surface area contributed by atoms with Gasteiger partial charge in [0.2, 0.25) is 0 Å². The molecule has 2 aromatic carbocycles. The van der Waals surface area contributed by atoms with Crippen LogP contribution >= 0.6 is 0 Å². The lowest BCUT2D eigenvalue weighted by Crippen LogP contribution is -2.45. The summed E-state index contributed by atoms with van der Waals surface area (Å²) in [7, 11) is 0. The quantitative estimate of drug-likeness (QED) is 0.129. The second-order valence-electron chi connectivity index (χ2n) is 14.5. The molecule has 2 aliphatic rings. The number of nitrogens with one attached hydrogen (secondary N) is 3. The van der Waals surface area contributed by atoms with Crippen LogP contribution in [-0.4, -0.2) is 93.3 Å². The van der Waals surface area contributed by atoms with Gasteiger partial charge in [-0.3, -0.25) is 14.5 Å². The Bertz CT molecular complexity index is 2160. The van der Waals surface area contributed by atoms with Crippen LogP contribution in [0.2, 0.25) is 0 Å². The predicted molar refractivity (Wildman–Crippen MR) is 216 cm³/mol. The van der Waals surface area contributed by atoms with E-state index in [4.69, 9.17) is 9.72 Å². The molecule has 2 fully saturated rings. The van der Waals surface area contributed by atoms with Crippen molar-refractivity contribution in [1.82, 2.24) is 40.2 Å². The van der Waals surface area contributed by atoms with E-state index in [1.54, 1.807) is 30.3 Å². The first-order valence-electron chi connectivity index (χ1n) is 19.9. The van der Waals surface area contributed by atoms with Crippen LogP contribution in [0.5, 0.6) is 0 Å². The zero-order chi connectivity index (χ0) is 39.0. The molecule has 0 unspecified atom stereocenters. The Morgan fingerprint density at radius 2 is 1.54 bits per heavy atom. The third kappa shape index (κ3) is 9.07. The molecule has 0 spiro atoms. The zero-order valence-corrected chi connectivity index (χ0v) is 32.6. The SMILES string of the molecule is CCc1nc2c(cnn2CC)c(NC2CCOCC2)c1CNC(=O)c1cccc(C(=O)NCc2ccc(F)c(-c3cccc(CN4CCN(CC)CC4)c3)c2)n1. The number of anilines is 1. The number of carbonyl (C=O) groups is 2. The molecule has 0 bridgehead atoms. The molecule has 2 aliphatic heterocycles. The fourth-order valence-corrected chi connectivity index (χ4v) is 7.58. The summed E-state index contributed by atoms with van der Waals surface area (Å²) in [4.78, 5) is 41.1. The minimum Gasteiger partial charge on any atom is -0.381 e. The van der Waals surface area contributed by atoms with Gasteiger partial charge in [0.1, 0.15) is 17.2 Å². The van der Waals surface area contributed by atoms with Crippen molar-refractivity contribution in [3.8, 4) is 11.1 Å². The molecule has 5 heterocycles. The van der Waals surface area contributed by atoms with Gasteiger partial charge in [-0.15, -0.1) is 0 Å². The molecular formula is C43H52FN9O3. The minimum absolute atomic E-state index is 0.110. The molecule has 12 nitrogen and oxygen atoms in total. The van der Waals surface area contributed by atoms with Crippen molar-refractivity contribution in [2.45, 2.75) is 72.3 Å².